The van der Waals surface area contributed by atoms with Gasteiger partial charge >= 0.3 is 7.32 Å². The van der Waals surface area contributed by atoms with Gasteiger partial charge in [0.1, 0.15) is 0 Å². The van der Waals surface area contributed by atoms with E-state index in [9.17, 15) is 0 Å². The van der Waals surface area contributed by atoms with Crippen LogP contribution in [0.4, 0.5) is 0 Å². The highest BCUT2D eigenvalue weighted by atomic mass is 16.8. The molecule has 80 valence electrons. The van der Waals surface area contributed by atoms with E-state index in [0.29, 0.717) is 6.61 Å². The summed E-state index contributed by atoms with van der Waals surface area (Å²) in [6.45, 7) is 14.1. The minimum atomic E-state index is -0.573. The number of hydrogen-bond donors (Lipinski definition) is 0. The minimum Gasteiger partial charge on any atom is -0.382 e. The molecule has 0 aromatic heterocycles. The van der Waals surface area contributed by atoms with Crippen molar-refractivity contribution in [2.45, 2.75) is 45.8 Å². The van der Waals surface area contributed by atoms with Crippen LogP contribution in [0.15, 0.2) is 12.2 Å². The predicted molar refractivity (Wildman–Crippen MR) is 56.8 cm³/mol. The number of hydrogen-bond acceptors (Lipinski definition) is 3. The molecule has 0 aliphatic carbocycles. The summed E-state index contributed by atoms with van der Waals surface area (Å²) >= 11 is 0. The van der Waals surface area contributed by atoms with E-state index in [1.807, 2.05) is 34.6 Å². The van der Waals surface area contributed by atoms with E-state index in [2.05, 4.69) is 6.58 Å². The fourth-order valence-electron chi connectivity index (χ4n) is 1.07. The van der Waals surface area contributed by atoms with Crippen molar-refractivity contribution in [3.8, 4) is 0 Å². The average Bonchev–Trinajstić information content (AvgIpc) is 2.17. The standard InChI is InChI=1S/C10H19BO3/c1-8(2)7-12-11-13-9(3,4)10(5,6)14-11/h1,7H2,2-6H3. The van der Waals surface area contributed by atoms with Crippen molar-refractivity contribution in [3.63, 3.8) is 0 Å². The molecule has 1 aliphatic heterocycles. The molecule has 0 aromatic carbocycles. The Bertz CT molecular complexity index is 220. The maximum absolute atomic E-state index is 5.63. The Morgan fingerprint density at radius 3 is 2.00 bits per heavy atom. The van der Waals surface area contributed by atoms with Gasteiger partial charge in [0, 0.05) is 0 Å². The molecule has 0 radical (unpaired) electrons. The fraction of sp³-hybridized carbons (Fsp3) is 0.800. The first-order chi connectivity index (χ1) is 6.24. The van der Waals surface area contributed by atoms with Crippen LogP contribution in [-0.4, -0.2) is 25.1 Å². The largest absolute Gasteiger partial charge is 0.640 e. The molecule has 14 heavy (non-hydrogen) atoms. The lowest BCUT2D eigenvalue weighted by molar-refractivity contribution is 0.00578. The summed E-state index contributed by atoms with van der Waals surface area (Å²) in [5.41, 5.74) is 0.305. The molecule has 1 aliphatic rings. The Hall–Kier alpha value is -0.315. The summed E-state index contributed by atoms with van der Waals surface area (Å²) in [5, 5.41) is 0. The summed E-state index contributed by atoms with van der Waals surface area (Å²) in [4.78, 5) is 0. The third-order valence-corrected chi connectivity index (χ3v) is 2.70. The second-order valence-corrected chi connectivity index (χ2v) is 4.81. The van der Waals surface area contributed by atoms with Crippen LogP contribution in [0.3, 0.4) is 0 Å². The van der Waals surface area contributed by atoms with Gasteiger partial charge in [-0.1, -0.05) is 12.2 Å². The van der Waals surface area contributed by atoms with Crippen LogP contribution in [0.25, 0.3) is 0 Å². The van der Waals surface area contributed by atoms with Gasteiger partial charge in [0.25, 0.3) is 0 Å². The van der Waals surface area contributed by atoms with Crippen molar-refractivity contribution in [2.75, 3.05) is 6.61 Å². The van der Waals surface area contributed by atoms with Gasteiger partial charge in [0.05, 0.1) is 17.8 Å². The monoisotopic (exact) mass is 198 g/mol. The Kier molecular flexibility index (Phi) is 3.09. The zero-order valence-corrected chi connectivity index (χ0v) is 9.72. The lowest BCUT2D eigenvalue weighted by Gasteiger charge is -2.31. The maximum atomic E-state index is 5.63. The summed E-state index contributed by atoms with van der Waals surface area (Å²) in [6, 6.07) is 0. The van der Waals surface area contributed by atoms with E-state index in [0.717, 1.165) is 5.57 Å². The first kappa shape index (κ1) is 11.8. The van der Waals surface area contributed by atoms with Gasteiger partial charge in [0.2, 0.25) is 0 Å². The van der Waals surface area contributed by atoms with Gasteiger partial charge in [-0.2, -0.15) is 0 Å². The molecular formula is C10H19BO3. The quantitative estimate of drug-likeness (QED) is 0.513. The van der Waals surface area contributed by atoms with E-state index < -0.39 is 7.32 Å². The molecule has 0 amide bonds. The van der Waals surface area contributed by atoms with Crippen molar-refractivity contribution in [3.05, 3.63) is 12.2 Å². The van der Waals surface area contributed by atoms with Gasteiger partial charge in [-0.25, -0.2) is 0 Å². The smallest absolute Gasteiger partial charge is 0.382 e. The third kappa shape index (κ3) is 2.38. The van der Waals surface area contributed by atoms with Crippen LogP contribution in [0.2, 0.25) is 0 Å². The van der Waals surface area contributed by atoms with Gasteiger partial charge in [0.15, 0.2) is 0 Å². The molecule has 0 spiro atoms. The van der Waals surface area contributed by atoms with Crippen molar-refractivity contribution < 1.29 is 14.0 Å². The van der Waals surface area contributed by atoms with E-state index in [4.69, 9.17) is 14.0 Å². The maximum Gasteiger partial charge on any atom is 0.640 e. The zero-order chi connectivity index (χ0) is 11.0. The Morgan fingerprint density at radius 2 is 1.64 bits per heavy atom. The van der Waals surface area contributed by atoms with Gasteiger partial charge < -0.3 is 14.0 Å². The molecule has 0 bridgehead atoms. The molecule has 3 nitrogen and oxygen atoms in total. The van der Waals surface area contributed by atoms with Crippen LogP contribution >= 0.6 is 0 Å². The SMILES string of the molecule is C=C(C)COB1OC(C)(C)C(C)(C)O1. The summed E-state index contributed by atoms with van der Waals surface area (Å²) < 4.78 is 16.6. The van der Waals surface area contributed by atoms with Gasteiger partial charge in [-0.3, -0.25) is 0 Å². The molecule has 1 rings (SSSR count). The Labute approximate surface area is 86.6 Å². The van der Waals surface area contributed by atoms with E-state index >= 15 is 0 Å². The predicted octanol–water partition coefficient (Wildman–Crippen LogP) is 2.17. The molecule has 0 saturated carbocycles. The zero-order valence-electron chi connectivity index (χ0n) is 9.72. The molecule has 1 heterocycles. The molecule has 1 fully saturated rings. The Morgan fingerprint density at radius 1 is 1.21 bits per heavy atom. The van der Waals surface area contributed by atoms with Crippen LogP contribution in [-0.2, 0) is 14.0 Å². The van der Waals surface area contributed by atoms with Crippen LogP contribution in [0.5, 0.6) is 0 Å². The van der Waals surface area contributed by atoms with Gasteiger partial charge in [-0.05, 0) is 34.6 Å². The summed E-state index contributed by atoms with van der Waals surface area (Å²) in [6.07, 6.45) is 0. The third-order valence-electron chi connectivity index (χ3n) is 2.70. The number of rotatable bonds is 3. The second-order valence-electron chi connectivity index (χ2n) is 4.81. The Balaban J connectivity index is 2.51. The first-order valence-electron chi connectivity index (χ1n) is 4.86. The van der Waals surface area contributed by atoms with E-state index in [1.54, 1.807) is 0 Å². The van der Waals surface area contributed by atoms with Crippen molar-refractivity contribution in [2.24, 2.45) is 0 Å². The minimum absolute atomic E-state index is 0.327. The summed E-state index contributed by atoms with van der Waals surface area (Å²) in [7, 11) is -0.573. The molecule has 4 heteroatoms. The highest BCUT2D eigenvalue weighted by Crippen LogP contribution is 2.36. The first-order valence-corrected chi connectivity index (χ1v) is 4.86. The van der Waals surface area contributed by atoms with Crippen molar-refractivity contribution >= 4 is 7.32 Å². The van der Waals surface area contributed by atoms with Crippen LogP contribution < -0.4 is 0 Å². The lowest BCUT2D eigenvalue weighted by atomic mass is 9.90. The molecular weight excluding hydrogens is 179 g/mol. The molecule has 0 aromatic rings. The van der Waals surface area contributed by atoms with E-state index in [-0.39, 0.29) is 11.2 Å². The second kappa shape index (κ2) is 3.68. The fourth-order valence-corrected chi connectivity index (χ4v) is 1.07. The topological polar surface area (TPSA) is 27.7 Å². The van der Waals surface area contributed by atoms with Crippen molar-refractivity contribution in [1.82, 2.24) is 0 Å². The normalized spacial score (nSPS) is 23.9. The highest BCUT2D eigenvalue weighted by molar-refractivity contribution is 6.37. The van der Waals surface area contributed by atoms with E-state index in [1.165, 1.54) is 0 Å². The molecule has 0 atom stereocenters. The van der Waals surface area contributed by atoms with Gasteiger partial charge in [-0.15, -0.1) is 0 Å². The molecule has 0 unspecified atom stereocenters. The van der Waals surface area contributed by atoms with Crippen LogP contribution in [0, 0.1) is 0 Å². The van der Waals surface area contributed by atoms with Crippen LogP contribution in [0.1, 0.15) is 34.6 Å². The summed E-state index contributed by atoms with van der Waals surface area (Å²) in [5.74, 6) is 0. The van der Waals surface area contributed by atoms with Crippen molar-refractivity contribution in [1.29, 1.82) is 0 Å². The molecule has 0 N–H and O–H groups in total. The lowest BCUT2D eigenvalue weighted by Crippen LogP contribution is -2.41. The average molecular weight is 198 g/mol. The molecule has 1 saturated heterocycles. The highest BCUT2D eigenvalue weighted by Gasteiger charge is 2.52.